The minimum absolute atomic E-state index is 0.0142. The zero-order valence-electron chi connectivity index (χ0n) is 12.6. The van der Waals surface area contributed by atoms with Gasteiger partial charge in [-0.3, -0.25) is 0 Å². The van der Waals surface area contributed by atoms with E-state index >= 15 is 0 Å². The number of nitrogens with one attached hydrogen (secondary N) is 2. The van der Waals surface area contributed by atoms with Gasteiger partial charge in [-0.1, -0.05) is 6.07 Å². The number of carbonyl (C=O) groups is 1. The second-order valence-electron chi connectivity index (χ2n) is 5.25. The van der Waals surface area contributed by atoms with Gasteiger partial charge in [0, 0.05) is 17.9 Å². The van der Waals surface area contributed by atoms with E-state index in [0.717, 1.165) is 12.8 Å². The highest BCUT2D eigenvalue weighted by Crippen LogP contribution is 2.26. The first-order valence-corrected chi connectivity index (χ1v) is 7.21. The second kappa shape index (κ2) is 7.40. The van der Waals surface area contributed by atoms with Gasteiger partial charge in [-0.25, -0.2) is 4.79 Å². The van der Waals surface area contributed by atoms with Gasteiger partial charge >= 0.3 is 12.6 Å². The van der Waals surface area contributed by atoms with Crippen LogP contribution in [0.1, 0.15) is 25.3 Å². The molecule has 1 saturated heterocycles. The van der Waals surface area contributed by atoms with Crippen molar-refractivity contribution in [2.45, 2.75) is 45.4 Å². The fourth-order valence-corrected chi connectivity index (χ4v) is 2.43. The van der Waals surface area contributed by atoms with Crippen LogP contribution in [0.4, 0.5) is 19.3 Å². The molecule has 122 valence electrons. The summed E-state index contributed by atoms with van der Waals surface area (Å²) in [6.45, 7) is 1.29. The fourth-order valence-electron chi connectivity index (χ4n) is 2.43. The zero-order valence-corrected chi connectivity index (χ0v) is 12.6. The number of carbonyl (C=O) groups excluding carboxylic acids is 1. The van der Waals surface area contributed by atoms with E-state index in [0.29, 0.717) is 17.9 Å². The van der Waals surface area contributed by atoms with Crippen LogP contribution < -0.4 is 15.4 Å². The maximum atomic E-state index is 12.3. The third-order valence-electron chi connectivity index (χ3n) is 3.63. The predicted molar refractivity (Wildman–Crippen MR) is 78.4 cm³/mol. The number of benzene rings is 1. The summed E-state index contributed by atoms with van der Waals surface area (Å²) in [5.41, 5.74) is 0.873. The molecule has 1 aromatic rings. The quantitative estimate of drug-likeness (QED) is 0.877. The second-order valence-corrected chi connectivity index (χ2v) is 5.25. The summed E-state index contributed by atoms with van der Waals surface area (Å²) in [4.78, 5) is 12.0. The van der Waals surface area contributed by atoms with E-state index in [1.165, 1.54) is 6.07 Å². The van der Waals surface area contributed by atoms with Crippen LogP contribution in [0.5, 0.6) is 5.75 Å². The van der Waals surface area contributed by atoms with E-state index in [-0.39, 0.29) is 17.9 Å². The van der Waals surface area contributed by atoms with Gasteiger partial charge in [0.15, 0.2) is 0 Å². The van der Waals surface area contributed by atoms with Gasteiger partial charge in [-0.2, -0.15) is 8.78 Å². The Bertz CT molecular complexity index is 520. The van der Waals surface area contributed by atoms with Crippen molar-refractivity contribution in [1.82, 2.24) is 5.32 Å². The highest BCUT2D eigenvalue weighted by Gasteiger charge is 2.23. The van der Waals surface area contributed by atoms with Crippen LogP contribution in [0.15, 0.2) is 18.2 Å². The maximum absolute atomic E-state index is 12.3. The van der Waals surface area contributed by atoms with Gasteiger partial charge < -0.3 is 20.1 Å². The number of ether oxygens (including phenoxy) is 2. The molecule has 1 aliphatic rings. The number of urea groups is 1. The smallest absolute Gasteiger partial charge is 0.387 e. The molecule has 0 bridgehead atoms. The minimum atomic E-state index is -2.90. The number of rotatable bonds is 5. The van der Waals surface area contributed by atoms with Crippen molar-refractivity contribution in [1.29, 1.82) is 0 Å². The summed E-state index contributed by atoms with van der Waals surface area (Å²) in [5.74, 6) is 0.0416. The molecule has 2 unspecified atom stereocenters. The van der Waals surface area contributed by atoms with Crippen LogP contribution in [0.2, 0.25) is 0 Å². The van der Waals surface area contributed by atoms with Crippen molar-refractivity contribution in [3.8, 4) is 5.75 Å². The number of anilines is 1. The van der Waals surface area contributed by atoms with Crippen molar-refractivity contribution in [3.63, 3.8) is 0 Å². The lowest BCUT2D eigenvalue weighted by Crippen LogP contribution is -2.43. The van der Waals surface area contributed by atoms with Gasteiger partial charge in [0.05, 0.1) is 12.1 Å². The fraction of sp³-hybridized carbons (Fsp3) is 0.533. The Morgan fingerprint density at radius 1 is 1.45 bits per heavy atom. The topological polar surface area (TPSA) is 59.6 Å². The first kappa shape index (κ1) is 16.5. The molecule has 0 aliphatic carbocycles. The number of amides is 2. The van der Waals surface area contributed by atoms with Crippen molar-refractivity contribution < 1.29 is 23.0 Å². The van der Waals surface area contributed by atoms with Crippen molar-refractivity contribution in [2.24, 2.45) is 0 Å². The summed E-state index contributed by atoms with van der Waals surface area (Å²) in [5, 5.41) is 5.44. The molecule has 7 heteroatoms. The Kier molecular flexibility index (Phi) is 5.54. The molecule has 5 nitrogen and oxygen atoms in total. The molecule has 1 fully saturated rings. The molecular weight excluding hydrogens is 294 g/mol. The summed E-state index contributed by atoms with van der Waals surface area (Å²) in [6, 6.07) is 4.08. The standard InChI is InChI=1S/C15H20F2N2O3/c1-9-11(5-3-6-12(9)22-14(16)17)19-15(20)18-10(2)13-7-4-8-21-13/h3,5-6,10,13-14H,4,7-8H2,1-2H3,(H2,18,19,20). The van der Waals surface area contributed by atoms with Gasteiger partial charge in [0.25, 0.3) is 0 Å². The van der Waals surface area contributed by atoms with Crippen molar-refractivity contribution in [3.05, 3.63) is 23.8 Å². The predicted octanol–water partition coefficient (Wildman–Crippen LogP) is 3.29. The largest absolute Gasteiger partial charge is 0.434 e. The third-order valence-corrected chi connectivity index (χ3v) is 3.63. The number of hydrogen-bond donors (Lipinski definition) is 2. The highest BCUT2D eigenvalue weighted by molar-refractivity contribution is 5.90. The molecule has 1 aliphatic heterocycles. The molecule has 2 N–H and O–H groups in total. The molecular formula is C15H20F2N2O3. The summed E-state index contributed by atoms with van der Waals surface area (Å²) < 4.78 is 34.5. The molecule has 2 atom stereocenters. The van der Waals surface area contributed by atoms with Crippen LogP contribution in [0.25, 0.3) is 0 Å². The van der Waals surface area contributed by atoms with Crippen LogP contribution in [-0.2, 0) is 4.74 Å². The molecule has 22 heavy (non-hydrogen) atoms. The van der Waals surface area contributed by atoms with Crippen LogP contribution in [-0.4, -0.2) is 31.4 Å². The van der Waals surface area contributed by atoms with E-state index < -0.39 is 12.6 Å². The summed E-state index contributed by atoms with van der Waals surface area (Å²) in [6.07, 6.45) is 1.92. The van der Waals surface area contributed by atoms with Crippen LogP contribution >= 0.6 is 0 Å². The van der Waals surface area contributed by atoms with E-state index in [1.54, 1.807) is 19.1 Å². The van der Waals surface area contributed by atoms with Crippen LogP contribution in [0.3, 0.4) is 0 Å². The van der Waals surface area contributed by atoms with E-state index in [1.807, 2.05) is 6.92 Å². The monoisotopic (exact) mass is 314 g/mol. The van der Waals surface area contributed by atoms with Crippen LogP contribution in [0, 0.1) is 6.92 Å². The normalized spacial score (nSPS) is 19.0. The Balaban J connectivity index is 1.96. The van der Waals surface area contributed by atoms with E-state index in [9.17, 15) is 13.6 Å². The lowest BCUT2D eigenvalue weighted by atomic mass is 10.1. The Morgan fingerprint density at radius 2 is 2.23 bits per heavy atom. The van der Waals surface area contributed by atoms with Crippen molar-refractivity contribution >= 4 is 11.7 Å². The summed E-state index contributed by atoms with van der Waals surface area (Å²) in [7, 11) is 0. The number of alkyl halides is 2. The Hall–Kier alpha value is -1.89. The SMILES string of the molecule is Cc1c(NC(=O)NC(C)C2CCCO2)cccc1OC(F)F. The molecule has 0 radical (unpaired) electrons. The van der Waals surface area contributed by atoms with Gasteiger partial charge in [0.2, 0.25) is 0 Å². The first-order chi connectivity index (χ1) is 10.5. The molecule has 1 aromatic carbocycles. The average Bonchev–Trinajstić information content (AvgIpc) is 2.97. The summed E-state index contributed by atoms with van der Waals surface area (Å²) >= 11 is 0. The highest BCUT2D eigenvalue weighted by atomic mass is 19.3. The molecule has 0 aromatic heterocycles. The lowest BCUT2D eigenvalue weighted by Gasteiger charge is -2.21. The van der Waals surface area contributed by atoms with E-state index in [4.69, 9.17) is 4.74 Å². The molecule has 2 amide bonds. The average molecular weight is 314 g/mol. The lowest BCUT2D eigenvalue weighted by molar-refractivity contribution is -0.0502. The van der Waals surface area contributed by atoms with Gasteiger partial charge in [0.1, 0.15) is 5.75 Å². The Labute approximate surface area is 128 Å². The maximum Gasteiger partial charge on any atom is 0.387 e. The Morgan fingerprint density at radius 3 is 2.86 bits per heavy atom. The van der Waals surface area contributed by atoms with E-state index in [2.05, 4.69) is 15.4 Å². The minimum Gasteiger partial charge on any atom is -0.434 e. The van der Waals surface area contributed by atoms with Crippen molar-refractivity contribution in [2.75, 3.05) is 11.9 Å². The molecule has 1 heterocycles. The molecule has 0 saturated carbocycles. The van der Waals surface area contributed by atoms with Gasteiger partial charge in [-0.15, -0.1) is 0 Å². The molecule has 0 spiro atoms. The molecule has 2 rings (SSSR count). The number of hydrogen-bond acceptors (Lipinski definition) is 3. The van der Waals surface area contributed by atoms with Gasteiger partial charge in [-0.05, 0) is 38.8 Å². The zero-order chi connectivity index (χ0) is 16.1. The number of halogens is 2. The third kappa shape index (κ3) is 4.30. The first-order valence-electron chi connectivity index (χ1n) is 7.21.